The van der Waals surface area contributed by atoms with Gasteiger partial charge >= 0.3 is 0 Å². The van der Waals surface area contributed by atoms with E-state index in [1.807, 2.05) is 34.0 Å². The lowest BCUT2D eigenvalue weighted by Crippen LogP contribution is -1.72. The van der Waals surface area contributed by atoms with E-state index >= 15 is 0 Å². The molecule has 0 radical (unpaired) electrons. The maximum Gasteiger partial charge on any atom is 0.0636 e. The van der Waals surface area contributed by atoms with Crippen LogP contribution in [0.15, 0.2) is 66.7 Å². The molecule has 0 N–H and O–H groups in total. The molecule has 3 aromatic heterocycles. The van der Waals surface area contributed by atoms with Gasteiger partial charge in [-0.05, 0) is 58.0 Å². The van der Waals surface area contributed by atoms with Gasteiger partial charge < -0.3 is 0 Å². The molecule has 24 heavy (non-hydrogen) atoms. The molecule has 0 spiro atoms. The van der Waals surface area contributed by atoms with E-state index in [0.717, 1.165) is 0 Å². The van der Waals surface area contributed by atoms with Gasteiger partial charge in [0.2, 0.25) is 0 Å². The second-order valence-electron chi connectivity index (χ2n) is 5.58. The zero-order valence-corrected chi connectivity index (χ0v) is 17.1. The SMILES string of the molecule is Ic1ccc(-c2cc3sc4cc(-c5ccccc5)sc4c3s2)cc1. The monoisotopic (exact) mass is 474 g/mol. The van der Waals surface area contributed by atoms with Crippen molar-refractivity contribution < 1.29 is 0 Å². The lowest BCUT2D eigenvalue weighted by Gasteiger charge is -1.96. The van der Waals surface area contributed by atoms with Gasteiger partial charge in [0.25, 0.3) is 0 Å². The zero-order chi connectivity index (χ0) is 16.1. The summed E-state index contributed by atoms with van der Waals surface area (Å²) < 4.78 is 6.98. The van der Waals surface area contributed by atoms with Crippen LogP contribution in [0.25, 0.3) is 39.7 Å². The molecule has 0 saturated heterocycles. The minimum atomic E-state index is 1.28. The van der Waals surface area contributed by atoms with Gasteiger partial charge in [0.15, 0.2) is 0 Å². The predicted octanol–water partition coefficient (Wildman–Crippen LogP) is 8.12. The lowest BCUT2D eigenvalue weighted by molar-refractivity contribution is 1.65. The molecule has 5 rings (SSSR count). The molecule has 0 fully saturated rings. The highest BCUT2D eigenvalue weighted by Crippen LogP contribution is 2.47. The molecule has 5 aromatic rings. The van der Waals surface area contributed by atoms with Gasteiger partial charge in [-0.2, -0.15) is 0 Å². The first kappa shape index (κ1) is 15.1. The molecule has 0 bridgehead atoms. The van der Waals surface area contributed by atoms with Crippen LogP contribution in [-0.2, 0) is 0 Å². The maximum absolute atomic E-state index is 2.36. The molecule has 0 aliphatic rings. The Labute approximate surface area is 165 Å². The Morgan fingerprint density at radius 2 is 1.12 bits per heavy atom. The molecule has 0 nitrogen and oxygen atoms in total. The van der Waals surface area contributed by atoms with Crippen LogP contribution in [-0.4, -0.2) is 0 Å². The Bertz CT molecular complexity index is 1140. The van der Waals surface area contributed by atoms with Crippen molar-refractivity contribution in [2.75, 3.05) is 0 Å². The number of fused-ring (bicyclic) bond motifs is 3. The lowest BCUT2D eigenvalue weighted by atomic mass is 10.2. The van der Waals surface area contributed by atoms with Crippen LogP contribution in [0.2, 0.25) is 0 Å². The Morgan fingerprint density at radius 3 is 1.71 bits per heavy atom. The van der Waals surface area contributed by atoms with Gasteiger partial charge in [-0.15, -0.1) is 34.0 Å². The van der Waals surface area contributed by atoms with Gasteiger partial charge in [-0.1, -0.05) is 42.5 Å². The van der Waals surface area contributed by atoms with Gasteiger partial charge in [-0.25, -0.2) is 0 Å². The third-order valence-corrected chi connectivity index (χ3v) is 8.60. The molecule has 0 aliphatic heterocycles. The molecule has 2 aromatic carbocycles. The fourth-order valence-electron chi connectivity index (χ4n) is 2.84. The summed E-state index contributed by atoms with van der Waals surface area (Å²) in [6.07, 6.45) is 0. The number of hydrogen-bond donors (Lipinski definition) is 0. The fourth-order valence-corrected chi connectivity index (χ4v) is 7.23. The number of benzene rings is 2. The first-order chi connectivity index (χ1) is 11.8. The second kappa shape index (κ2) is 5.95. The van der Waals surface area contributed by atoms with Crippen molar-refractivity contribution in [1.82, 2.24) is 0 Å². The van der Waals surface area contributed by atoms with Crippen LogP contribution in [0.4, 0.5) is 0 Å². The third kappa shape index (κ3) is 2.52. The quantitative estimate of drug-likeness (QED) is 0.227. The zero-order valence-electron chi connectivity index (χ0n) is 12.5. The van der Waals surface area contributed by atoms with Gasteiger partial charge in [0.1, 0.15) is 0 Å². The first-order valence-corrected chi connectivity index (χ1v) is 11.1. The van der Waals surface area contributed by atoms with Crippen LogP contribution >= 0.6 is 56.6 Å². The first-order valence-electron chi connectivity index (χ1n) is 7.55. The highest BCUT2D eigenvalue weighted by atomic mass is 127. The van der Waals surface area contributed by atoms with Gasteiger partial charge in [0.05, 0.1) is 9.40 Å². The number of rotatable bonds is 2. The number of hydrogen-bond acceptors (Lipinski definition) is 3. The van der Waals surface area contributed by atoms with E-state index in [1.165, 1.54) is 43.3 Å². The molecular formula is C20H11IS3. The molecular weight excluding hydrogens is 463 g/mol. The van der Waals surface area contributed by atoms with Crippen molar-refractivity contribution in [3.8, 4) is 20.9 Å². The molecule has 0 aliphatic carbocycles. The molecule has 3 heterocycles. The Kier molecular flexibility index (Phi) is 3.74. The Morgan fingerprint density at radius 1 is 0.583 bits per heavy atom. The molecule has 0 atom stereocenters. The molecule has 0 amide bonds. The summed E-state index contributed by atoms with van der Waals surface area (Å²) in [5, 5.41) is 0. The van der Waals surface area contributed by atoms with Crippen LogP contribution in [0.5, 0.6) is 0 Å². The fraction of sp³-hybridized carbons (Fsp3) is 0. The van der Waals surface area contributed by atoms with E-state index in [0.29, 0.717) is 0 Å². The third-order valence-electron chi connectivity index (χ3n) is 4.01. The van der Waals surface area contributed by atoms with Crippen molar-refractivity contribution in [3.05, 3.63) is 70.3 Å². The van der Waals surface area contributed by atoms with Crippen LogP contribution in [0, 0.1) is 3.57 Å². The predicted molar refractivity (Wildman–Crippen MR) is 119 cm³/mol. The van der Waals surface area contributed by atoms with E-state index in [2.05, 4.69) is 89.3 Å². The Balaban J connectivity index is 1.65. The van der Waals surface area contributed by atoms with E-state index in [-0.39, 0.29) is 0 Å². The molecule has 116 valence electrons. The standard InChI is InChI=1S/C20H11IS3/c21-14-8-6-13(7-9-14)16-11-18-20(24-16)19-17(22-18)10-15(23-19)12-4-2-1-3-5-12/h1-11H. The number of halogens is 1. The molecule has 4 heteroatoms. The van der Waals surface area contributed by atoms with Crippen molar-refractivity contribution >= 4 is 75.4 Å². The smallest absolute Gasteiger partial charge is 0.0636 e. The molecule has 0 saturated carbocycles. The summed E-state index contributed by atoms with van der Waals surface area (Å²) in [5.74, 6) is 0. The highest BCUT2D eigenvalue weighted by Gasteiger charge is 2.14. The van der Waals surface area contributed by atoms with Crippen molar-refractivity contribution in [1.29, 1.82) is 0 Å². The van der Waals surface area contributed by atoms with E-state index < -0.39 is 0 Å². The van der Waals surface area contributed by atoms with Crippen molar-refractivity contribution in [2.45, 2.75) is 0 Å². The summed E-state index contributed by atoms with van der Waals surface area (Å²) in [6.45, 7) is 0. The van der Waals surface area contributed by atoms with Gasteiger partial charge in [-0.3, -0.25) is 0 Å². The van der Waals surface area contributed by atoms with E-state index in [4.69, 9.17) is 0 Å². The summed E-state index contributed by atoms with van der Waals surface area (Å²) in [4.78, 5) is 2.73. The highest BCUT2D eigenvalue weighted by molar-refractivity contribution is 14.1. The molecule has 0 unspecified atom stereocenters. The maximum atomic E-state index is 2.36. The second-order valence-corrected chi connectivity index (χ2v) is 10.0. The normalized spacial score (nSPS) is 11.5. The van der Waals surface area contributed by atoms with Gasteiger partial charge in [0, 0.05) is 22.7 Å². The van der Waals surface area contributed by atoms with E-state index in [1.54, 1.807) is 0 Å². The van der Waals surface area contributed by atoms with Crippen LogP contribution in [0.3, 0.4) is 0 Å². The average Bonchev–Trinajstić information content (AvgIpc) is 3.26. The van der Waals surface area contributed by atoms with Crippen molar-refractivity contribution in [3.63, 3.8) is 0 Å². The minimum Gasteiger partial charge on any atom is -0.133 e. The van der Waals surface area contributed by atoms with Crippen molar-refractivity contribution in [2.24, 2.45) is 0 Å². The van der Waals surface area contributed by atoms with E-state index in [9.17, 15) is 0 Å². The summed E-state index contributed by atoms with van der Waals surface area (Å²) in [6, 6.07) is 24.2. The number of thiophene rings is 3. The Hall–Kier alpha value is -1.21. The topological polar surface area (TPSA) is 0 Å². The summed E-state index contributed by atoms with van der Waals surface area (Å²) >= 11 is 8.11. The summed E-state index contributed by atoms with van der Waals surface area (Å²) in [5.41, 5.74) is 2.63. The average molecular weight is 474 g/mol. The summed E-state index contributed by atoms with van der Waals surface area (Å²) in [7, 11) is 0. The largest absolute Gasteiger partial charge is 0.133 e. The minimum absolute atomic E-state index is 1.28. The van der Waals surface area contributed by atoms with Crippen LogP contribution in [0.1, 0.15) is 0 Å². The van der Waals surface area contributed by atoms with Crippen LogP contribution < -0.4 is 0 Å².